The molecule has 1 unspecified atom stereocenters. The minimum absolute atomic E-state index is 0.102. The van der Waals surface area contributed by atoms with Crippen molar-refractivity contribution in [2.45, 2.75) is 30.2 Å². The van der Waals surface area contributed by atoms with Crippen molar-refractivity contribution in [3.63, 3.8) is 0 Å². The highest BCUT2D eigenvalue weighted by Crippen LogP contribution is 2.43. The molecule has 3 aromatic rings. The minimum atomic E-state index is -4.55. The average molecular weight is 538 g/mol. The predicted molar refractivity (Wildman–Crippen MR) is 112 cm³/mol. The fourth-order valence-corrected chi connectivity index (χ4v) is 6.17. The Kier molecular flexibility index (Phi) is 4.99. The van der Waals surface area contributed by atoms with Crippen LogP contribution in [-0.2, 0) is 19.3 Å². The van der Waals surface area contributed by atoms with Gasteiger partial charge in [0.2, 0.25) is 5.82 Å². The second-order valence-corrected chi connectivity index (χ2v) is 9.55. The molecular weight excluding hydrogens is 525 g/mol. The summed E-state index contributed by atoms with van der Waals surface area (Å²) >= 11 is 11.1. The molecular formula is C17H13BrClF3N6O2S. The summed E-state index contributed by atoms with van der Waals surface area (Å²) < 4.78 is 42.4. The summed E-state index contributed by atoms with van der Waals surface area (Å²) in [6.45, 7) is 1.04. The Bertz CT molecular complexity index is 1340. The van der Waals surface area contributed by atoms with Crippen LogP contribution in [0.1, 0.15) is 17.7 Å². The largest absolute Gasteiger partial charge is 0.451 e. The second kappa shape index (κ2) is 7.36. The predicted octanol–water partition coefficient (Wildman–Crippen LogP) is 2.88. The third kappa shape index (κ3) is 3.41. The van der Waals surface area contributed by atoms with Gasteiger partial charge in [-0.05, 0) is 22.0 Å². The number of aromatic amines is 1. The fraction of sp³-hybridized carbons (Fsp3) is 0.412. The first kappa shape index (κ1) is 21.0. The Morgan fingerprint density at radius 3 is 2.81 bits per heavy atom. The number of hydrogen-bond donors (Lipinski definition) is 1. The lowest BCUT2D eigenvalue weighted by molar-refractivity contribution is -0.148. The van der Waals surface area contributed by atoms with Gasteiger partial charge < -0.3 is 4.57 Å². The number of halogens is 5. The first-order valence-electron chi connectivity index (χ1n) is 9.16. The number of nitrogens with zero attached hydrogens (tertiary/aromatic N) is 5. The van der Waals surface area contributed by atoms with Crippen molar-refractivity contribution < 1.29 is 13.2 Å². The van der Waals surface area contributed by atoms with E-state index >= 15 is 0 Å². The SMILES string of the molecule is O=c1[nH]c(=O)n2c3c(c(Br)c(Cl)cc13)SCC2CN1CCn2c(nnc2C(F)(F)F)C1. The molecule has 4 heterocycles. The topological polar surface area (TPSA) is 88.8 Å². The van der Waals surface area contributed by atoms with E-state index in [0.29, 0.717) is 39.2 Å². The van der Waals surface area contributed by atoms with Gasteiger partial charge in [0.05, 0.1) is 33.0 Å². The molecule has 31 heavy (non-hydrogen) atoms. The van der Waals surface area contributed by atoms with E-state index in [-0.39, 0.29) is 25.0 Å². The van der Waals surface area contributed by atoms with E-state index in [1.807, 2.05) is 4.90 Å². The lowest BCUT2D eigenvalue weighted by atomic mass is 10.2. The van der Waals surface area contributed by atoms with E-state index in [1.54, 1.807) is 4.57 Å². The lowest BCUT2D eigenvalue weighted by Crippen LogP contribution is -2.43. The zero-order valence-electron chi connectivity index (χ0n) is 15.5. The Hall–Kier alpha value is -1.83. The monoisotopic (exact) mass is 536 g/mol. The van der Waals surface area contributed by atoms with Gasteiger partial charge in [-0.1, -0.05) is 11.6 Å². The van der Waals surface area contributed by atoms with Gasteiger partial charge in [0.25, 0.3) is 5.56 Å². The van der Waals surface area contributed by atoms with Crippen molar-refractivity contribution in [3.05, 3.63) is 48.0 Å². The van der Waals surface area contributed by atoms with E-state index in [0.717, 1.165) is 9.46 Å². The second-order valence-electron chi connectivity index (χ2n) is 7.32. The van der Waals surface area contributed by atoms with Crippen molar-refractivity contribution in [3.8, 4) is 0 Å². The van der Waals surface area contributed by atoms with Gasteiger partial charge in [-0.15, -0.1) is 22.0 Å². The minimum Gasteiger partial charge on any atom is -0.305 e. The van der Waals surface area contributed by atoms with Crippen LogP contribution in [0.3, 0.4) is 0 Å². The Labute approximate surface area is 189 Å². The van der Waals surface area contributed by atoms with Gasteiger partial charge >= 0.3 is 11.9 Å². The summed E-state index contributed by atoms with van der Waals surface area (Å²) in [5.41, 5.74) is -0.539. The Morgan fingerprint density at radius 1 is 1.29 bits per heavy atom. The van der Waals surface area contributed by atoms with Crippen molar-refractivity contribution >= 4 is 50.2 Å². The quantitative estimate of drug-likeness (QED) is 0.541. The van der Waals surface area contributed by atoms with Gasteiger partial charge in [-0.2, -0.15) is 13.2 Å². The van der Waals surface area contributed by atoms with Crippen molar-refractivity contribution in [2.75, 3.05) is 18.8 Å². The molecule has 0 bridgehead atoms. The van der Waals surface area contributed by atoms with Crippen LogP contribution in [0.5, 0.6) is 0 Å². The molecule has 0 saturated heterocycles. The van der Waals surface area contributed by atoms with Crippen LogP contribution in [0, 0.1) is 0 Å². The zero-order valence-corrected chi connectivity index (χ0v) is 18.7. The molecule has 2 aliphatic heterocycles. The maximum Gasteiger partial charge on any atom is 0.451 e. The molecule has 0 saturated carbocycles. The van der Waals surface area contributed by atoms with Crippen LogP contribution in [0.25, 0.3) is 10.9 Å². The summed E-state index contributed by atoms with van der Waals surface area (Å²) in [6, 6.07) is 1.22. The number of benzene rings is 1. The fourth-order valence-electron chi connectivity index (χ4n) is 4.07. The Morgan fingerprint density at radius 2 is 2.06 bits per heavy atom. The third-order valence-electron chi connectivity index (χ3n) is 5.42. The van der Waals surface area contributed by atoms with Crippen LogP contribution < -0.4 is 11.2 Å². The summed E-state index contributed by atoms with van der Waals surface area (Å²) in [5.74, 6) is -0.232. The first-order valence-corrected chi connectivity index (χ1v) is 11.3. The van der Waals surface area contributed by atoms with Crippen LogP contribution >= 0.6 is 39.3 Å². The molecule has 14 heteroatoms. The van der Waals surface area contributed by atoms with Crippen LogP contribution in [0.4, 0.5) is 13.2 Å². The van der Waals surface area contributed by atoms with Crippen LogP contribution in [0.15, 0.2) is 25.0 Å². The van der Waals surface area contributed by atoms with E-state index < -0.39 is 23.2 Å². The molecule has 2 aliphatic rings. The maximum atomic E-state index is 13.1. The van der Waals surface area contributed by atoms with Gasteiger partial charge in [-0.25, -0.2) is 4.79 Å². The average Bonchev–Trinajstić information content (AvgIpc) is 3.13. The molecule has 2 aromatic heterocycles. The highest BCUT2D eigenvalue weighted by atomic mass is 79.9. The van der Waals surface area contributed by atoms with Gasteiger partial charge in [0.15, 0.2) is 0 Å². The summed E-state index contributed by atoms with van der Waals surface area (Å²) in [7, 11) is 0. The zero-order chi connectivity index (χ0) is 22.1. The van der Waals surface area contributed by atoms with Crippen LogP contribution in [0.2, 0.25) is 5.02 Å². The number of thioether (sulfide) groups is 1. The molecule has 0 amide bonds. The van der Waals surface area contributed by atoms with Gasteiger partial charge in [0, 0.05) is 30.3 Å². The number of nitrogens with one attached hydrogen (secondary N) is 1. The van der Waals surface area contributed by atoms with E-state index in [1.165, 1.54) is 17.8 Å². The Balaban J connectivity index is 1.50. The summed E-state index contributed by atoms with van der Waals surface area (Å²) in [6.07, 6.45) is -4.55. The third-order valence-corrected chi connectivity index (χ3v) is 8.27. The summed E-state index contributed by atoms with van der Waals surface area (Å²) in [4.78, 5) is 30.1. The molecule has 0 fully saturated rings. The number of aromatic nitrogens is 5. The molecule has 1 atom stereocenters. The lowest BCUT2D eigenvalue weighted by Gasteiger charge is -2.34. The van der Waals surface area contributed by atoms with Crippen LogP contribution in [-0.4, -0.2) is 48.1 Å². The molecule has 5 rings (SSSR count). The highest BCUT2D eigenvalue weighted by Gasteiger charge is 2.40. The molecule has 164 valence electrons. The molecule has 0 spiro atoms. The molecule has 1 aromatic carbocycles. The van der Waals surface area contributed by atoms with Crippen molar-refractivity contribution in [1.29, 1.82) is 0 Å². The molecule has 8 nitrogen and oxygen atoms in total. The number of rotatable bonds is 2. The number of fused-ring (bicyclic) bond motifs is 1. The molecule has 1 N–H and O–H groups in total. The first-order chi connectivity index (χ1) is 14.6. The van der Waals surface area contributed by atoms with Crippen molar-refractivity contribution in [2.24, 2.45) is 0 Å². The normalized spacial score (nSPS) is 19.1. The number of hydrogen-bond acceptors (Lipinski definition) is 6. The van der Waals surface area contributed by atoms with E-state index in [4.69, 9.17) is 11.6 Å². The molecule has 0 radical (unpaired) electrons. The smallest absolute Gasteiger partial charge is 0.305 e. The van der Waals surface area contributed by atoms with Crippen molar-refractivity contribution in [1.82, 2.24) is 29.2 Å². The van der Waals surface area contributed by atoms with E-state index in [2.05, 4.69) is 31.1 Å². The maximum absolute atomic E-state index is 13.1. The van der Waals surface area contributed by atoms with Gasteiger partial charge in [-0.3, -0.25) is 19.2 Å². The number of H-pyrrole nitrogens is 1. The van der Waals surface area contributed by atoms with Gasteiger partial charge in [0.1, 0.15) is 5.82 Å². The van der Waals surface area contributed by atoms with E-state index in [9.17, 15) is 22.8 Å². The number of alkyl halides is 3. The standard InChI is InChI=1S/C17H13BrClF3N6O2S/c18-11-9(19)3-8-12-13(11)31-6-7(28(12)16(30)23-14(8)29)4-26-1-2-27-10(5-26)24-25-15(27)17(20,21)22/h3,7H,1-2,4-6H2,(H,23,29,30). The highest BCUT2D eigenvalue weighted by molar-refractivity contribution is 9.10. The molecule has 0 aliphatic carbocycles. The summed E-state index contributed by atoms with van der Waals surface area (Å²) in [5, 5.41) is 7.69.